The number of esters is 1. The van der Waals surface area contributed by atoms with E-state index in [2.05, 4.69) is 0 Å². The van der Waals surface area contributed by atoms with Crippen molar-refractivity contribution in [2.24, 2.45) is 0 Å². The van der Waals surface area contributed by atoms with Crippen molar-refractivity contribution >= 4 is 23.7 Å². The highest BCUT2D eigenvalue weighted by Crippen LogP contribution is 2.58. The Balaban J connectivity index is 2.07. The van der Waals surface area contributed by atoms with Gasteiger partial charge in [-0.2, -0.15) is 0 Å². The van der Waals surface area contributed by atoms with E-state index in [1.807, 2.05) is 0 Å². The van der Waals surface area contributed by atoms with E-state index >= 15 is 0 Å². The number of likely N-dealkylation sites (N-methyl/N-ethyl adjacent to an activating group) is 1. The molecule has 2 unspecified atom stereocenters. The summed E-state index contributed by atoms with van der Waals surface area (Å²) in [5, 5.41) is 0. The van der Waals surface area contributed by atoms with Gasteiger partial charge in [-0.05, 0) is 33.8 Å². The molecule has 2 heterocycles. The molecule has 1 aromatic rings. The van der Waals surface area contributed by atoms with Crippen LogP contribution in [0.1, 0.15) is 33.3 Å². The second-order valence-electron chi connectivity index (χ2n) is 7.15. The molecule has 2 aliphatic heterocycles. The third kappa shape index (κ3) is 2.37. The van der Waals surface area contributed by atoms with E-state index < -0.39 is 29.2 Å². The highest BCUT2D eigenvalue weighted by atomic mass is 16.6. The minimum Gasteiger partial charge on any atom is -0.464 e. The lowest BCUT2D eigenvalue weighted by Gasteiger charge is -2.21. The van der Waals surface area contributed by atoms with Crippen LogP contribution in [0.2, 0.25) is 0 Å². The Morgan fingerprint density at radius 1 is 1.24 bits per heavy atom. The van der Waals surface area contributed by atoms with Gasteiger partial charge in [-0.25, -0.2) is 9.59 Å². The number of hydrogen-bond acceptors (Lipinski definition) is 5. The molecule has 0 aromatic heterocycles. The highest BCUT2D eigenvalue weighted by molar-refractivity contribution is 6.16. The summed E-state index contributed by atoms with van der Waals surface area (Å²) in [7, 11) is 1.63. The predicted octanol–water partition coefficient (Wildman–Crippen LogP) is 2.04. The van der Waals surface area contributed by atoms with Crippen LogP contribution in [0.4, 0.5) is 10.5 Å². The van der Waals surface area contributed by atoms with Gasteiger partial charge in [0.05, 0.1) is 6.61 Å². The van der Waals surface area contributed by atoms with E-state index in [1.165, 1.54) is 9.80 Å². The van der Waals surface area contributed by atoms with Crippen molar-refractivity contribution in [2.75, 3.05) is 18.6 Å². The fraction of sp³-hybridized carbons (Fsp3) is 0.500. The van der Waals surface area contributed by atoms with Crippen molar-refractivity contribution < 1.29 is 23.9 Å². The summed E-state index contributed by atoms with van der Waals surface area (Å²) in [6.45, 7) is 7.05. The van der Waals surface area contributed by atoms with Crippen LogP contribution < -0.4 is 4.90 Å². The Morgan fingerprint density at radius 2 is 1.88 bits per heavy atom. The van der Waals surface area contributed by atoms with Crippen molar-refractivity contribution in [1.29, 1.82) is 0 Å². The zero-order chi connectivity index (χ0) is 18.6. The maximum Gasteiger partial charge on any atom is 0.412 e. The number of para-hydroxylation sites is 1. The van der Waals surface area contributed by atoms with Crippen LogP contribution in [-0.4, -0.2) is 48.2 Å². The van der Waals surface area contributed by atoms with Crippen LogP contribution in [0, 0.1) is 0 Å². The summed E-state index contributed by atoms with van der Waals surface area (Å²) in [4.78, 5) is 40.8. The molecular weight excluding hydrogens is 324 g/mol. The number of ether oxygens (including phenoxy) is 2. The molecule has 134 valence electrons. The van der Waals surface area contributed by atoms with E-state index in [0.29, 0.717) is 11.3 Å². The van der Waals surface area contributed by atoms with Gasteiger partial charge in [0.15, 0.2) is 11.6 Å². The van der Waals surface area contributed by atoms with Crippen molar-refractivity contribution in [3.8, 4) is 0 Å². The molecule has 0 saturated carbocycles. The molecule has 7 nitrogen and oxygen atoms in total. The van der Waals surface area contributed by atoms with Gasteiger partial charge in [0.25, 0.3) is 5.91 Å². The quantitative estimate of drug-likeness (QED) is 0.605. The smallest absolute Gasteiger partial charge is 0.412 e. The van der Waals surface area contributed by atoms with E-state index in [0.717, 1.165) is 0 Å². The van der Waals surface area contributed by atoms with Gasteiger partial charge in [-0.15, -0.1) is 0 Å². The molecule has 25 heavy (non-hydrogen) atoms. The molecule has 2 amide bonds. The fourth-order valence-corrected chi connectivity index (χ4v) is 3.42. The summed E-state index contributed by atoms with van der Waals surface area (Å²) in [6.07, 6.45) is -0.705. The van der Waals surface area contributed by atoms with Crippen molar-refractivity contribution in [3.63, 3.8) is 0 Å². The molecule has 1 fully saturated rings. The summed E-state index contributed by atoms with van der Waals surface area (Å²) in [5.74, 6) is -0.940. The van der Waals surface area contributed by atoms with E-state index in [9.17, 15) is 14.4 Å². The number of amides is 2. The Bertz CT molecular complexity index is 754. The largest absolute Gasteiger partial charge is 0.464 e. The summed E-state index contributed by atoms with van der Waals surface area (Å²) < 4.78 is 10.5. The minimum absolute atomic E-state index is 0.166. The van der Waals surface area contributed by atoms with Gasteiger partial charge in [0.2, 0.25) is 0 Å². The van der Waals surface area contributed by atoms with Crippen molar-refractivity contribution in [3.05, 3.63) is 29.8 Å². The van der Waals surface area contributed by atoms with Gasteiger partial charge < -0.3 is 14.4 Å². The zero-order valence-electron chi connectivity index (χ0n) is 15.0. The lowest BCUT2D eigenvalue weighted by Crippen LogP contribution is -2.36. The number of rotatable bonds is 2. The normalized spacial score (nSPS) is 24.4. The molecule has 7 heteroatoms. The monoisotopic (exact) mass is 346 g/mol. The highest BCUT2D eigenvalue weighted by Gasteiger charge is 2.79. The second-order valence-corrected chi connectivity index (χ2v) is 7.15. The van der Waals surface area contributed by atoms with Crippen LogP contribution in [0.5, 0.6) is 0 Å². The first-order valence-corrected chi connectivity index (χ1v) is 8.23. The standard InChI is InChI=1S/C18H22N2O5/c1-6-24-14(21)13-18(20(13)16(23)25-17(2,3)4)11-9-7-8-10-12(11)19(5)15(18)22/h7-10,13H,6H2,1-5H3. The molecule has 1 spiro atoms. The number of carbonyl (C=O) groups is 3. The Morgan fingerprint density at radius 3 is 2.48 bits per heavy atom. The molecule has 0 N–H and O–H groups in total. The minimum atomic E-state index is -1.38. The molecular formula is C18H22N2O5. The van der Waals surface area contributed by atoms with Gasteiger partial charge in [0, 0.05) is 18.3 Å². The number of hydrogen-bond donors (Lipinski definition) is 0. The molecule has 1 aromatic carbocycles. The lowest BCUT2D eigenvalue weighted by molar-refractivity contribution is -0.144. The van der Waals surface area contributed by atoms with Gasteiger partial charge in [-0.1, -0.05) is 18.2 Å². The summed E-state index contributed by atoms with van der Waals surface area (Å²) in [6, 6.07) is 6.12. The maximum absolute atomic E-state index is 13.0. The first-order valence-electron chi connectivity index (χ1n) is 8.23. The van der Waals surface area contributed by atoms with Crippen LogP contribution in [-0.2, 0) is 24.6 Å². The second kappa shape index (κ2) is 5.47. The van der Waals surface area contributed by atoms with Gasteiger partial charge in [0.1, 0.15) is 5.60 Å². The maximum atomic E-state index is 13.0. The zero-order valence-corrected chi connectivity index (χ0v) is 15.0. The molecule has 3 rings (SSSR count). The van der Waals surface area contributed by atoms with Crippen molar-refractivity contribution in [2.45, 2.75) is 44.9 Å². The summed E-state index contributed by atoms with van der Waals surface area (Å²) >= 11 is 0. The number of carbonyl (C=O) groups excluding carboxylic acids is 3. The molecule has 0 radical (unpaired) electrons. The SMILES string of the molecule is CCOC(=O)C1N(C(=O)OC(C)(C)C)C12C(=O)N(C)c1ccccc12. The molecule has 1 saturated heterocycles. The lowest BCUT2D eigenvalue weighted by atomic mass is 9.96. The Kier molecular flexibility index (Phi) is 3.78. The molecule has 2 aliphatic rings. The molecule has 2 atom stereocenters. The first-order chi connectivity index (χ1) is 11.7. The van der Waals surface area contributed by atoms with Crippen LogP contribution in [0.25, 0.3) is 0 Å². The molecule has 0 aliphatic carbocycles. The van der Waals surface area contributed by atoms with Crippen LogP contribution >= 0.6 is 0 Å². The number of nitrogens with zero attached hydrogens (tertiary/aromatic N) is 2. The first kappa shape index (κ1) is 17.3. The third-order valence-electron chi connectivity index (χ3n) is 4.37. The van der Waals surface area contributed by atoms with Crippen LogP contribution in [0.3, 0.4) is 0 Å². The van der Waals surface area contributed by atoms with E-state index in [1.54, 1.807) is 59.0 Å². The predicted molar refractivity (Wildman–Crippen MR) is 90.0 cm³/mol. The van der Waals surface area contributed by atoms with Gasteiger partial charge in [-0.3, -0.25) is 9.69 Å². The molecule has 0 bridgehead atoms. The fourth-order valence-electron chi connectivity index (χ4n) is 3.42. The summed E-state index contributed by atoms with van der Waals surface area (Å²) in [5.41, 5.74) is -0.827. The topological polar surface area (TPSA) is 75.9 Å². The van der Waals surface area contributed by atoms with Crippen molar-refractivity contribution in [1.82, 2.24) is 4.90 Å². The average molecular weight is 346 g/mol. The van der Waals surface area contributed by atoms with Crippen LogP contribution in [0.15, 0.2) is 24.3 Å². The number of benzene rings is 1. The van der Waals surface area contributed by atoms with E-state index in [-0.39, 0.29) is 12.5 Å². The van der Waals surface area contributed by atoms with E-state index in [4.69, 9.17) is 9.47 Å². The number of fused-ring (bicyclic) bond motifs is 2. The van der Waals surface area contributed by atoms with Gasteiger partial charge >= 0.3 is 12.1 Å². The Hall–Kier alpha value is -2.57. The number of anilines is 1. The average Bonchev–Trinajstić information content (AvgIpc) is 3.18. The third-order valence-corrected chi connectivity index (χ3v) is 4.37. The Labute approximate surface area is 146 Å².